The molecule has 0 unspecified atom stereocenters. The van der Waals surface area contributed by atoms with Crippen molar-refractivity contribution in [3.05, 3.63) is 143 Å². The number of guanidine groups is 1. The van der Waals surface area contributed by atoms with Crippen LogP contribution in [0.15, 0.2) is 114 Å². The normalized spacial score (nSPS) is 13.5. The predicted molar refractivity (Wildman–Crippen MR) is 150 cm³/mol. The Labute approximate surface area is 222 Å². The summed E-state index contributed by atoms with van der Waals surface area (Å²) < 4.78 is 0. The van der Waals surface area contributed by atoms with Crippen molar-refractivity contribution < 1.29 is 9.59 Å². The van der Waals surface area contributed by atoms with Crippen LogP contribution in [0, 0.1) is 0 Å². The van der Waals surface area contributed by atoms with Gasteiger partial charge in [-0.3, -0.25) is 9.59 Å². The minimum Gasteiger partial charge on any atom is -0.370 e. The second-order valence-electron chi connectivity index (χ2n) is 9.43. The first kappa shape index (κ1) is 25.0. The molecule has 4 aromatic carbocycles. The largest absolute Gasteiger partial charge is 0.370 e. The number of hydrogen-bond donors (Lipinski definition) is 2. The molecule has 0 radical (unpaired) electrons. The summed E-state index contributed by atoms with van der Waals surface area (Å²) in [6.45, 7) is 1.57. The molecule has 6 heteroatoms. The summed E-state index contributed by atoms with van der Waals surface area (Å²) in [6, 6.07) is 34.6. The van der Waals surface area contributed by atoms with Crippen molar-refractivity contribution in [1.82, 2.24) is 10.2 Å². The SMILES string of the molecule is NC(=NCc1cccc(C(=O)N2CCc3ccccc3C2)c1)NC(C=O)(c1ccccc1)c1ccccc1. The van der Waals surface area contributed by atoms with Crippen molar-refractivity contribution in [3.8, 4) is 0 Å². The molecule has 0 atom stereocenters. The molecule has 0 aliphatic carbocycles. The highest BCUT2D eigenvalue weighted by atomic mass is 16.2. The number of nitrogens with zero attached hydrogens (tertiary/aromatic N) is 2. The van der Waals surface area contributed by atoms with Crippen LogP contribution < -0.4 is 11.1 Å². The van der Waals surface area contributed by atoms with E-state index in [0.29, 0.717) is 18.7 Å². The zero-order valence-corrected chi connectivity index (χ0v) is 21.1. The lowest BCUT2D eigenvalue weighted by molar-refractivity contribution is -0.111. The summed E-state index contributed by atoms with van der Waals surface area (Å²) in [5, 5.41) is 3.17. The van der Waals surface area contributed by atoms with E-state index in [1.165, 1.54) is 11.1 Å². The Bertz CT molecular complexity index is 1410. The number of carbonyl (C=O) groups excluding carboxylic acids is 2. The monoisotopic (exact) mass is 502 g/mol. The number of rotatable bonds is 7. The molecule has 1 aliphatic rings. The highest BCUT2D eigenvalue weighted by Crippen LogP contribution is 2.28. The fourth-order valence-corrected chi connectivity index (χ4v) is 4.95. The first-order valence-electron chi connectivity index (χ1n) is 12.7. The second-order valence-corrected chi connectivity index (χ2v) is 9.43. The molecule has 3 N–H and O–H groups in total. The second kappa shape index (κ2) is 11.1. The summed E-state index contributed by atoms with van der Waals surface area (Å²) in [5.41, 5.74) is 10.6. The van der Waals surface area contributed by atoms with Crippen molar-refractivity contribution in [2.75, 3.05) is 6.54 Å². The molecule has 0 spiro atoms. The summed E-state index contributed by atoms with van der Waals surface area (Å²) in [7, 11) is 0. The van der Waals surface area contributed by atoms with Crippen molar-refractivity contribution in [3.63, 3.8) is 0 Å². The Morgan fingerprint density at radius 3 is 2.16 bits per heavy atom. The molecular formula is C32H30N4O2. The molecule has 0 aromatic heterocycles. The zero-order chi connectivity index (χ0) is 26.4. The van der Waals surface area contributed by atoms with Crippen molar-refractivity contribution in [1.29, 1.82) is 0 Å². The molecule has 0 saturated carbocycles. The summed E-state index contributed by atoms with van der Waals surface area (Å²) in [4.78, 5) is 32.2. The maximum Gasteiger partial charge on any atom is 0.254 e. The fraction of sp³-hybridized carbons (Fsp3) is 0.156. The maximum absolute atomic E-state index is 13.3. The number of hydrogen-bond acceptors (Lipinski definition) is 3. The summed E-state index contributed by atoms with van der Waals surface area (Å²) >= 11 is 0. The van der Waals surface area contributed by atoms with Crippen LogP contribution in [0.4, 0.5) is 0 Å². The van der Waals surface area contributed by atoms with Crippen molar-refractivity contribution >= 4 is 18.2 Å². The lowest BCUT2D eigenvalue weighted by Gasteiger charge is -2.31. The number of nitrogens with two attached hydrogens (primary N) is 1. The molecule has 5 rings (SSSR count). The van der Waals surface area contributed by atoms with Crippen LogP contribution in [0.25, 0.3) is 0 Å². The van der Waals surface area contributed by atoms with Crippen LogP contribution in [-0.4, -0.2) is 29.6 Å². The van der Waals surface area contributed by atoms with Gasteiger partial charge in [0.15, 0.2) is 12.2 Å². The van der Waals surface area contributed by atoms with Gasteiger partial charge in [0.2, 0.25) is 0 Å². The van der Waals surface area contributed by atoms with E-state index < -0.39 is 5.54 Å². The smallest absolute Gasteiger partial charge is 0.254 e. The van der Waals surface area contributed by atoms with Gasteiger partial charge < -0.3 is 16.0 Å². The molecule has 1 aliphatic heterocycles. The van der Waals surface area contributed by atoms with Crippen molar-refractivity contribution in [2.24, 2.45) is 10.7 Å². The number of nitrogens with one attached hydrogen (secondary N) is 1. The van der Waals surface area contributed by atoms with E-state index in [4.69, 9.17) is 5.73 Å². The highest BCUT2D eigenvalue weighted by molar-refractivity contribution is 5.94. The van der Waals surface area contributed by atoms with E-state index in [1.807, 2.05) is 102 Å². The van der Waals surface area contributed by atoms with Crippen LogP contribution in [0.2, 0.25) is 0 Å². The molecule has 0 bridgehead atoms. The van der Waals surface area contributed by atoms with Gasteiger partial charge in [0.05, 0.1) is 6.54 Å². The maximum atomic E-state index is 13.3. The molecular weight excluding hydrogens is 472 g/mol. The fourth-order valence-electron chi connectivity index (χ4n) is 4.95. The van der Waals surface area contributed by atoms with Gasteiger partial charge in [0.1, 0.15) is 5.54 Å². The van der Waals surface area contributed by atoms with Gasteiger partial charge in [0.25, 0.3) is 5.91 Å². The number of benzene rings is 4. The number of fused-ring (bicyclic) bond motifs is 1. The van der Waals surface area contributed by atoms with Crippen molar-refractivity contribution in [2.45, 2.75) is 25.0 Å². The Morgan fingerprint density at radius 2 is 1.50 bits per heavy atom. The molecule has 0 saturated heterocycles. The highest BCUT2D eigenvalue weighted by Gasteiger charge is 2.34. The molecule has 1 heterocycles. The third kappa shape index (κ3) is 5.20. The van der Waals surface area contributed by atoms with Crippen LogP contribution in [0.1, 0.15) is 38.2 Å². The Hall–Kier alpha value is -4.71. The van der Waals surface area contributed by atoms with Gasteiger partial charge in [-0.05, 0) is 46.4 Å². The third-order valence-corrected chi connectivity index (χ3v) is 6.98. The first-order valence-corrected chi connectivity index (χ1v) is 12.7. The van der Waals surface area contributed by atoms with Gasteiger partial charge in [0, 0.05) is 18.7 Å². The number of amides is 1. The minimum atomic E-state index is -1.18. The Balaban J connectivity index is 1.33. The zero-order valence-electron chi connectivity index (χ0n) is 21.1. The Kier molecular flexibility index (Phi) is 7.31. The molecule has 190 valence electrons. The molecule has 0 fully saturated rings. The molecule has 38 heavy (non-hydrogen) atoms. The lowest BCUT2D eigenvalue weighted by Crippen LogP contribution is -2.51. The average Bonchev–Trinajstić information content (AvgIpc) is 2.99. The number of aliphatic imine (C=N–C) groups is 1. The third-order valence-electron chi connectivity index (χ3n) is 6.98. The first-order chi connectivity index (χ1) is 18.6. The van der Waals surface area contributed by atoms with Crippen LogP contribution in [0.5, 0.6) is 0 Å². The van der Waals surface area contributed by atoms with Gasteiger partial charge in [-0.1, -0.05) is 97.1 Å². The number of aldehydes is 1. The standard InChI is InChI=1S/C32H30N4O2/c33-31(35-32(23-37,28-14-3-1-4-15-28)29-16-5-2-6-17-29)34-21-24-10-9-13-26(20-24)30(38)36-19-18-25-11-7-8-12-27(25)22-36/h1-17,20,23H,18-19,21-22H2,(H3,33,34,35). The van der Waals surface area contributed by atoms with Gasteiger partial charge in [-0.15, -0.1) is 0 Å². The quantitative estimate of drug-likeness (QED) is 0.222. The molecule has 6 nitrogen and oxygen atoms in total. The van der Waals surface area contributed by atoms with E-state index in [9.17, 15) is 9.59 Å². The Morgan fingerprint density at radius 1 is 0.868 bits per heavy atom. The molecule has 4 aromatic rings. The van der Waals surface area contributed by atoms with Gasteiger partial charge in [-0.25, -0.2) is 4.99 Å². The molecule has 1 amide bonds. The predicted octanol–water partition coefficient (Wildman–Crippen LogP) is 4.43. The van der Waals surface area contributed by atoms with E-state index in [2.05, 4.69) is 22.4 Å². The minimum absolute atomic E-state index is 0.00422. The van der Waals surface area contributed by atoms with Gasteiger partial charge in [-0.2, -0.15) is 0 Å². The van der Waals surface area contributed by atoms with E-state index in [1.54, 1.807) is 0 Å². The van der Waals surface area contributed by atoms with E-state index in [-0.39, 0.29) is 18.4 Å². The van der Waals surface area contributed by atoms with E-state index >= 15 is 0 Å². The summed E-state index contributed by atoms with van der Waals surface area (Å²) in [5.74, 6) is 0.138. The van der Waals surface area contributed by atoms with Crippen LogP contribution >= 0.6 is 0 Å². The lowest BCUT2D eigenvalue weighted by atomic mass is 9.84. The van der Waals surface area contributed by atoms with Crippen LogP contribution in [-0.2, 0) is 29.8 Å². The van der Waals surface area contributed by atoms with Gasteiger partial charge >= 0.3 is 0 Å². The van der Waals surface area contributed by atoms with E-state index in [0.717, 1.165) is 29.4 Å². The summed E-state index contributed by atoms with van der Waals surface area (Å²) in [6.07, 6.45) is 1.71. The number of carbonyl (C=O) groups is 2. The average molecular weight is 503 g/mol. The topological polar surface area (TPSA) is 87.8 Å². The van der Waals surface area contributed by atoms with Crippen LogP contribution in [0.3, 0.4) is 0 Å².